The smallest absolute Gasteiger partial charge is 0.462 e. The van der Waals surface area contributed by atoms with Gasteiger partial charge in [-0.15, -0.1) is 0 Å². The van der Waals surface area contributed by atoms with Gasteiger partial charge in [-0.25, -0.2) is 9.13 Å². The Morgan fingerprint density at radius 2 is 0.630 bits per heavy atom. The van der Waals surface area contributed by atoms with Crippen molar-refractivity contribution in [2.75, 3.05) is 39.6 Å². The van der Waals surface area contributed by atoms with Gasteiger partial charge < -0.3 is 33.8 Å². The lowest BCUT2D eigenvalue weighted by molar-refractivity contribution is -0.161. The maximum Gasteiger partial charge on any atom is 0.472 e. The fourth-order valence-electron chi connectivity index (χ4n) is 9.45. The first-order chi connectivity index (χ1) is 44.7. The number of phosphoric ester groups is 2. The van der Waals surface area contributed by atoms with E-state index in [9.17, 15) is 43.2 Å². The Balaban J connectivity index is 5.38. The van der Waals surface area contributed by atoms with Gasteiger partial charge in [0.25, 0.3) is 0 Å². The molecule has 5 atom stereocenters. The number of unbranched alkanes of at least 4 members (excludes halogenated alkanes) is 28. The highest BCUT2D eigenvalue weighted by molar-refractivity contribution is 7.47. The maximum absolute atomic E-state index is 13.0. The van der Waals surface area contributed by atoms with Crippen molar-refractivity contribution in [2.45, 2.75) is 316 Å². The third kappa shape index (κ3) is 64.9. The molecule has 0 aromatic rings. The molecule has 3 N–H and O–H groups in total. The molecule has 0 aliphatic carbocycles. The highest BCUT2D eigenvalue weighted by Gasteiger charge is 2.30. The van der Waals surface area contributed by atoms with Crippen molar-refractivity contribution in [3.8, 4) is 0 Å². The second-order valence-electron chi connectivity index (χ2n) is 23.8. The van der Waals surface area contributed by atoms with Crippen LogP contribution in [0.15, 0.2) is 85.1 Å². The molecule has 17 nitrogen and oxygen atoms in total. The van der Waals surface area contributed by atoms with Crippen molar-refractivity contribution in [2.24, 2.45) is 0 Å². The summed E-state index contributed by atoms with van der Waals surface area (Å²) < 4.78 is 68.1. The van der Waals surface area contributed by atoms with Gasteiger partial charge in [0.15, 0.2) is 12.2 Å². The van der Waals surface area contributed by atoms with Gasteiger partial charge in [0.1, 0.15) is 19.3 Å². The normalized spacial score (nSPS) is 14.6. The van der Waals surface area contributed by atoms with Crippen LogP contribution in [-0.2, 0) is 65.4 Å². The van der Waals surface area contributed by atoms with Crippen LogP contribution >= 0.6 is 15.6 Å². The second-order valence-corrected chi connectivity index (χ2v) is 26.7. The molecular formula is C73H128O17P2. The van der Waals surface area contributed by atoms with E-state index in [-0.39, 0.29) is 25.7 Å². The zero-order valence-electron chi connectivity index (χ0n) is 57.7. The van der Waals surface area contributed by atoms with Crippen molar-refractivity contribution >= 4 is 39.5 Å². The third-order valence-corrected chi connectivity index (χ3v) is 16.8. The van der Waals surface area contributed by atoms with Crippen molar-refractivity contribution in [1.29, 1.82) is 0 Å². The van der Waals surface area contributed by atoms with Crippen LogP contribution in [-0.4, -0.2) is 96.7 Å². The molecule has 0 bridgehead atoms. The van der Waals surface area contributed by atoms with Gasteiger partial charge in [0.05, 0.1) is 32.8 Å². The lowest BCUT2D eigenvalue weighted by Gasteiger charge is -2.21. The van der Waals surface area contributed by atoms with Crippen LogP contribution in [0.5, 0.6) is 0 Å². The van der Waals surface area contributed by atoms with Crippen LogP contribution in [0.4, 0.5) is 0 Å². The fraction of sp³-hybridized carbons (Fsp3) is 0.753. The van der Waals surface area contributed by atoms with E-state index in [1.165, 1.54) is 96.3 Å². The van der Waals surface area contributed by atoms with Crippen molar-refractivity contribution in [3.05, 3.63) is 85.1 Å². The molecule has 19 heteroatoms. The van der Waals surface area contributed by atoms with E-state index >= 15 is 0 Å². The molecule has 0 fully saturated rings. The number of carbonyl (C=O) groups is 4. The first-order valence-corrected chi connectivity index (χ1v) is 38.8. The molecule has 5 unspecified atom stereocenters. The quantitative estimate of drug-likeness (QED) is 0.0169. The van der Waals surface area contributed by atoms with Crippen LogP contribution in [0.3, 0.4) is 0 Å². The number of aliphatic hydroxyl groups is 1. The number of esters is 4. The summed E-state index contributed by atoms with van der Waals surface area (Å²) in [6, 6.07) is 0. The highest BCUT2D eigenvalue weighted by Crippen LogP contribution is 2.45. The SMILES string of the molecule is CC/C=C\C/C=C\C/C=C\C/C=C\C/C=C\CC(=O)OCC(COP(=O)(O)OCC(O)COP(=O)(O)OCC(COC(=O)CCCCCCCCCCCCCCC)OC(=O)CCCCCCCCCCCCC)OC(=O)CCCCCCC/C=C\C/C=C\CCC. The zero-order valence-corrected chi connectivity index (χ0v) is 59.5. The van der Waals surface area contributed by atoms with E-state index in [2.05, 4.69) is 88.5 Å². The lowest BCUT2D eigenvalue weighted by Crippen LogP contribution is -2.30. The summed E-state index contributed by atoms with van der Waals surface area (Å²) in [7, 11) is -9.95. The Morgan fingerprint density at radius 3 is 1.01 bits per heavy atom. The number of allylic oxidation sites excluding steroid dienone is 13. The summed E-state index contributed by atoms with van der Waals surface area (Å²) in [5.41, 5.74) is 0. The molecular weight excluding hydrogens is 1210 g/mol. The molecule has 0 aliphatic heterocycles. The van der Waals surface area contributed by atoms with Crippen molar-refractivity contribution in [3.63, 3.8) is 0 Å². The fourth-order valence-corrected chi connectivity index (χ4v) is 11.0. The number of carbonyl (C=O) groups excluding carboxylic acids is 4. The average Bonchev–Trinajstić information content (AvgIpc) is 2.73. The van der Waals surface area contributed by atoms with Crippen molar-refractivity contribution < 1.29 is 80.2 Å². The number of hydrogen-bond donors (Lipinski definition) is 3. The first-order valence-electron chi connectivity index (χ1n) is 35.8. The van der Waals surface area contributed by atoms with E-state index in [0.29, 0.717) is 25.7 Å². The summed E-state index contributed by atoms with van der Waals surface area (Å²) in [5, 5.41) is 10.6. The number of ether oxygens (including phenoxy) is 4. The predicted molar refractivity (Wildman–Crippen MR) is 372 cm³/mol. The molecule has 0 radical (unpaired) electrons. The molecule has 0 aromatic heterocycles. The summed E-state index contributed by atoms with van der Waals surface area (Å²) in [6.45, 7) is 4.56. The second kappa shape index (κ2) is 65.9. The van der Waals surface area contributed by atoms with Crippen molar-refractivity contribution in [1.82, 2.24) is 0 Å². The topological polar surface area (TPSA) is 237 Å². The van der Waals surface area contributed by atoms with Gasteiger partial charge in [0, 0.05) is 19.3 Å². The predicted octanol–water partition coefficient (Wildman–Crippen LogP) is 19.9. The van der Waals surface area contributed by atoms with Crippen LogP contribution < -0.4 is 0 Å². The summed E-state index contributed by atoms with van der Waals surface area (Å²) in [4.78, 5) is 72.5. The molecule has 532 valence electrons. The molecule has 0 spiro atoms. The van der Waals surface area contributed by atoms with Gasteiger partial charge in [-0.3, -0.25) is 37.3 Å². The van der Waals surface area contributed by atoms with Gasteiger partial charge in [0.2, 0.25) is 0 Å². The van der Waals surface area contributed by atoms with E-state index in [4.69, 9.17) is 37.0 Å². The molecule has 0 rings (SSSR count). The number of aliphatic hydroxyl groups excluding tert-OH is 1. The summed E-state index contributed by atoms with van der Waals surface area (Å²) in [5.74, 6) is -2.32. The zero-order chi connectivity index (χ0) is 67.5. The Morgan fingerprint density at radius 1 is 0.326 bits per heavy atom. The number of rotatable bonds is 67. The van der Waals surface area contributed by atoms with Gasteiger partial charge >= 0.3 is 39.5 Å². The molecule has 92 heavy (non-hydrogen) atoms. The standard InChI is InChI=1S/C73H128O17P2/c1-5-9-13-17-21-25-29-32-33-36-39-42-46-50-54-58-71(76)84-64-69(90-73(78)60-56-52-48-44-40-35-31-27-23-19-15-11-7-3)66-88-92(81,82)86-62-67(74)61-85-91(79,80)87-65-68(89-72(77)59-55-51-47-43-37-28-24-20-16-12-8-4)63-83-70(75)57-53-49-45-41-38-34-30-26-22-18-14-10-6-2/h9,13,15,19,21,25,27,31-33,39,42,50,54,67-69,74H,5-8,10-12,14,16-18,20,22-24,26,28-30,34-38,40-41,43-49,51-53,55-66H2,1-4H3,(H,79,80)(H,81,82)/b13-9-,19-15-,25-21-,31-27-,33-32-,42-39-,54-50-. The van der Waals surface area contributed by atoms with Gasteiger partial charge in [-0.05, 0) is 77.0 Å². The van der Waals surface area contributed by atoms with Crippen LogP contribution in [0.2, 0.25) is 0 Å². The minimum atomic E-state index is -4.99. The molecule has 0 amide bonds. The largest absolute Gasteiger partial charge is 0.472 e. The molecule has 0 aromatic carbocycles. The third-order valence-electron chi connectivity index (χ3n) is 14.9. The number of phosphoric acid groups is 2. The minimum Gasteiger partial charge on any atom is -0.462 e. The summed E-state index contributed by atoms with van der Waals surface area (Å²) in [6.07, 6.45) is 64.8. The number of hydrogen-bond acceptors (Lipinski definition) is 15. The van der Waals surface area contributed by atoms with Crippen LogP contribution in [0.1, 0.15) is 297 Å². The monoisotopic (exact) mass is 1340 g/mol. The lowest BCUT2D eigenvalue weighted by atomic mass is 10.0. The average molecular weight is 1340 g/mol. The highest BCUT2D eigenvalue weighted by atomic mass is 31.2. The summed E-state index contributed by atoms with van der Waals surface area (Å²) >= 11 is 0. The van der Waals surface area contributed by atoms with Gasteiger partial charge in [-0.1, -0.05) is 280 Å². The van der Waals surface area contributed by atoms with Crippen LogP contribution in [0, 0.1) is 0 Å². The van der Waals surface area contributed by atoms with Crippen LogP contribution in [0.25, 0.3) is 0 Å². The van der Waals surface area contributed by atoms with E-state index in [0.717, 1.165) is 122 Å². The Hall–Kier alpha value is -3.76. The molecule has 0 aliphatic rings. The van der Waals surface area contributed by atoms with Gasteiger partial charge in [-0.2, -0.15) is 0 Å². The molecule has 0 saturated heterocycles. The maximum atomic E-state index is 13.0. The molecule has 0 heterocycles. The Labute approximate surface area is 557 Å². The Kier molecular flexibility index (Phi) is 63.2. The Bertz CT molecular complexity index is 2090. The first kappa shape index (κ1) is 88.2. The minimum absolute atomic E-state index is 0.0602. The van der Waals surface area contributed by atoms with E-state index in [1.54, 1.807) is 6.08 Å². The van der Waals surface area contributed by atoms with E-state index in [1.807, 2.05) is 18.2 Å². The van der Waals surface area contributed by atoms with E-state index < -0.39 is 97.5 Å². The molecule has 0 saturated carbocycles.